The molecular weight excluding hydrogens is 282 g/mol. The van der Waals surface area contributed by atoms with Crippen LogP contribution in [0, 0.1) is 6.92 Å². The molecule has 2 aromatic heterocycles. The number of anilines is 1. The van der Waals surface area contributed by atoms with E-state index in [1.165, 1.54) is 11.9 Å². The fourth-order valence-corrected chi connectivity index (χ4v) is 2.34. The van der Waals surface area contributed by atoms with E-state index in [1.54, 1.807) is 6.92 Å². The number of hydrogen-bond acceptors (Lipinski definition) is 4. The number of H-pyrrole nitrogens is 1. The van der Waals surface area contributed by atoms with Gasteiger partial charge in [0.1, 0.15) is 11.1 Å². The number of nitrogens with one attached hydrogen (secondary N) is 2. The summed E-state index contributed by atoms with van der Waals surface area (Å²) in [5.41, 5.74) is 1.82. The van der Waals surface area contributed by atoms with Gasteiger partial charge < -0.3 is 14.7 Å². The predicted octanol–water partition coefficient (Wildman–Crippen LogP) is 2.64. The second kappa shape index (κ2) is 5.48. The Bertz CT molecular complexity index is 891. The first-order chi connectivity index (χ1) is 10.6. The Hall–Kier alpha value is -2.89. The molecule has 1 aromatic carbocycles. The highest BCUT2D eigenvalue weighted by Crippen LogP contribution is 2.22. The Morgan fingerprint density at radius 1 is 1.32 bits per heavy atom. The fraction of sp³-hybridized carbons (Fsp3) is 0.188. The number of hydrogen-bond donors (Lipinski definition) is 2. The summed E-state index contributed by atoms with van der Waals surface area (Å²) in [5.74, 6) is -0.0270. The minimum absolute atomic E-state index is 0.160. The van der Waals surface area contributed by atoms with E-state index in [9.17, 15) is 9.59 Å². The van der Waals surface area contributed by atoms with Crippen LogP contribution >= 0.6 is 0 Å². The van der Waals surface area contributed by atoms with E-state index in [1.807, 2.05) is 24.3 Å². The van der Waals surface area contributed by atoms with Crippen molar-refractivity contribution in [2.45, 2.75) is 20.3 Å². The van der Waals surface area contributed by atoms with E-state index in [0.717, 1.165) is 6.42 Å². The zero-order valence-electron chi connectivity index (χ0n) is 12.3. The van der Waals surface area contributed by atoms with Crippen molar-refractivity contribution in [3.05, 3.63) is 57.8 Å². The summed E-state index contributed by atoms with van der Waals surface area (Å²) in [6.45, 7) is 3.70. The van der Waals surface area contributed by atoms with Crippen molar-refractivity contribution < 1.29 is 9.21 Å². The highest BCUT2D eigenvalue weighted by Gasteiger charge is 2.21. The van der Waals surface area contributed by atoms with Crippen LogP contribution in [-0.2, 0) is 6.42 Å². The molecule has 1 amide bonds. The molecule has 0 aliphatic rings. The van der Waals surface area contributed by atoms with Crippen molar-refractivity contribution in [2.75, 3.05) is 5.32 Å². The fourth-order valence-electron chi connectivity index (χ4n) is 2.34. The maximum atomic E-state index is 12.5. The number of rotatable bonds is 3. The molecule has 0 aliphatic heterocycles. The average Bonchev–Trinajstić information content (AvgIpc) is 2.85. The summed E-state index contributed by atoms with van der Waals surface area (Å²) in [7, 11) is 0. The smallest absolute Gasteiger partial charge is 0.262 e. The van der Waals surface area contributed by atoms with Crippen LogP contribution in [0.25, 0.3) is 11.1 Å². The number of carbonyl (C=O) groups excluding carboxylic acids is 1. The van der Waals surface area contributed by atoms with Gasteiger partial charge in [0.05, 0.1) is 11.9 Å². The predicted molar refractivity (Wildman–Crippen MR) is 83.1 cm³/mol. The molecule has 6 heteroatoms. The molecule has 0 aliphatic carbocycles. The molecule has 0 spiro atoms. The van der Waals surface area contributed by atoms with Gasteiger partial charge in [0.2, 0.25) is 5.71 Å². The molecular formula is C16H15N3O3. The Morgan fingerprint density at radius 3 is 2.73 bits per heavy atom. The lowest BCUT2D eigenvalue weighted by atomic mass is 10.1. The summed E-state index contributed by atoms with van der Waals surface area (Å²) < 4.78 is 5.38. The van der Waals surface area contributed by atoms with Crippen molar-refractivity contribution in [2.24, 2.45) is 0 Å². The number of fused-ring (bicyclic) bond motifs is 1. The molecule has 22 heavy (non-hydrogen) atoms. The highest BCUT2D eigenvalue weighted by atomic mass is 16.3. The van der Waals surface area contributed by atoms with Gasteiger partial charge in [-0.2, -0.15) is 0 Å². The van der Waals surface area contributed by atoms with Crippen LogP contribution in [0.3, 0.4) is 0 Å². The van der Waals surface area contributed by atoms with E-state index in [0.29, 0.717) is 11.4 Å². The second-order valence-corrected chi connectivity index (χ2v) is 4.95. The quantitative estimate of drug-likeness (QED) is 0.778. The lowest BCUT2D eigenvalue weighted by molar-refractivity contribution is 0.102. The first-order valence-corrected chi connectivity index (χ1v) is 6.97. The average molecular weight is 297 g/mol. The third-order valence-corrected chi connectivity index (χ3v) is 3.52. The number of carbonyl (C=O) groups is 1. The van der Waals surface area contributed by atoms with Gasteiger partial charge in [-0.05, 0) is 31.0 Å². The molecule has 0 radical (unpaired) electrons. The Kier molecular flexibility index (Phi) is 3.50. The van der Waals surface area contributed by atoms with Crippen LogP contribution in [0.1, 0.15) is 28.6 Å². The number of aromatic amines is 1. The van der Waals surface area contributed by atoms with E-state index >= 15 is 0 Å². The topological polar surface area (TPSA) is 88.0 Å². The standard InChI is InChI=1S/C16H15N3O3/c1-3-10-4-6-11(7-5-10)19-15(21)12-9(2)22-16-13(12)14(20)17-8-18-16/h4-8H,3H2,1-2H3,(H,19,21)(H,17,18,20). The van der Waals surface area contributed by atoms with Crippen molar-refractivity contribution in [1.82, 2.24) is 9.97 Å². The van der Waals surface area contributed by atoms with Crippen LogP contribution in [0.15, 0.2) is 39.8 Å². The zero-order chi connectivity index (χ0) is 15.7. The third kappa shape index (κ3) is 2.39. The summed E-state index contributed by atoms with van der Waals surface area (Å²) in [5, 5.41) is 2.95. The number of amides is 1. The number of nitrogens with zero attached hydrogens (tertiary/aromatic N) is 1. The normalized spacial score (nSPS) is 10.8. The Morgan fingerprint density at radius 2 is 2.05 bits per heavy atom. The SMILES string of the molecule is CCc1ccc(NC(=O)c2c(C)oc3nc[nH]c(=O)c23)cc1. The molecule has 0 unspecified atom stereocenters. The lowest BCUT2D eigenvalue weighted by Crippen LogP contribution is -2.16. The van der Waals surface area contributed by atoms with Gasteiger partial charge in [-0.25, -0.2) is 4.98 Å². The maximum absolute atomic E-state index is 12.5. The molecule has 0 saturated carbocycles. The Labute approximate surface area is 126 Å². The molecule has 112 valence electrons. The number of aromatic nitrogens is 2. The summed E-state index contributed by atoms with van der Waals surface area (Å²) in [6, 6.07) is 7.56. The molecule has 0 atom stereocenters. The molecule has 2 N–H and O–H groups in total. The molecule has 2 heterocycles. The molecule has 6 nitrogen and oxygen atoms in total. The van der Waals surface area contributed by atoms with Gasteiger partial charge >= 0.3 is 0 Å². The van der Waals surface area contributed by atoms with Gasteiger partial charge in [0.25, 0.3) is 11.5 Å². The minimum atomic E-state index is -0.395. The molecule has 0 fully saturated rings. The first-order valence-electron chi connectivity index (χ1n) is 6.97. The summed E-state index contributed by atoms with van der Waals surface area (Å²) in [4.78, 5) is 30.8. The maximum Gasteiger partial charge on any atom is 0.262 e. The summed E-state index contributed by atoms with van der Waals surface area (Å²) >= 11 is 0. The second-order valence-electron chi connectivity index (χ2n) is 4.95. The monoisotopic (exact) mass is 297 g/mol. The van der Waals surface area contributed by atoms with Crippen LogP contribution in [0.2, 0.25) is 0 Å². The third-order valence-electron chi connectivity index (χ3n) is 3.52. The number of benzene rings is 1. The molecule has 0 bridgehead atoms. The lowest BCUT2D eigenvalue weighted by Gasteiger charge is -2.05. The van der Waals surface area contributed by atoms with E-state index < -0.39 is 5.56 Å². The largest absolute Gasteiger partial charge is 0.442 e. The molecule has 3 rings (SSSR count). The van der Waals surface area contributed by atoms with Crippen LogP contribution < -0.4 is 10.9 Å². The van der Waals surface area contributed by atoms with Gasteiger partial charge in [0, 0.05) is 5.69 Å². The van der Waals surface area contributed by atoms with E-state index in [4.69, 9.17) is 4.42 Å². The van der Waals surface area contributed by atoms with E-state index in [2.05, 4.69) is 22.2 Å². The number of aryl methyl sites for hydroxylation is 2. The highest BCUT2D eigenvalue weighted by molar-refractivity contribution is 6.12. The molecule has 0 saturated heterocycles. The minimum Gasteiger partial charge on any atom is -0.442 e. The van der Waals surface area contributed by atoms with Crippen molar-refractivity contribution in [1.29, 1.82) is 0 Å². The van der Waals surface area contributed by atoms with Crippen LogP contribution in [-0.4, -0.2) is 15.9 Å². The van der Waals surface area contributed by atoms with Gasteiger partial charge in [-0.1, -0.05) is 19.1 Å². The van der Waals surface area contributed by atoms with Gasteiger partial charge in [-0.15, -0.1) is 0 Å². The van der Waals surface area contributed by atoms with Crippen molar-refractivity contribution in [3.8, 4) is 0 Å². The van der Waals surface area contributed by atoms with Crippen molar-refractivity contribution in [3.63, 3.8) is 0 Å². The van der Waals surface area contributed by atoms with E-state index in [-0.39, 0.29) is 22.6 Å². The number of furan rings is 1. The first kappa shape index (κ1) is 14.1. The van der Waals surface area contributed by atoms with Crippen LogP contribution in [0.5, 0.6) is 0 Å². The summed E-state index contributed by atoms with van der Waals surface area (Å²) in [6.07, 6.45) is 2.18. The van der Waals surface area contributed by atoms with Crippen molar-refractivity contribution >= 4 is 22.7 Å². The molecule has 3 aromatic rings. The zero-order valence-corrected chi connectivity index (χ0v) is 12.3. The Balaban J connectivity index is 1.98. The van der Waals surface area contributed by atoms with Gasteiger partial charge in [0.15, 0.2) is 0 Å². The van der Waals surface area contributed by atoms with Crippen LogP contribution in [0.4, 0.5) is 5.69 Å². The van der Waals surface area contributed by atoms with Gasteiger partial charge in [-0.3, -0.25) is 9.59 Å².